The van der Waals surface area contributed by atoms with Gasteiger partial charge in [-0.05, 0) is 43.2 Å². The molecule has 0 unspecified atom stereocenters. The van der Waals surface area contributed by atoms with E-state index in [9.17, 15) is 18.0 Å². The lowest BCUT2D eigenvalue weighted by molar-refractivity contribution is -0.142. The number of rotatable bonds is 5. The lowest BCUT2D eigenvalue weighted by Gasteiger charge is -2.12. The maximum atomic E-state index is 13.7. The fraction of sp³-hybridized carbons (Fsp3) is 0.350. The Morgan fingerprint density at radius 2 is 2.10 bits per heavy atom. The Labute approximate surface area is 169 Å². The van der Waals surface area contributed by atoms with Crippen molar-refractivity contribution >= 4 is 11.6 Å². The second kappa shape index (κ2) is 7.94. The van der Waals surface area contributed by atoms with Crippen molar-refractivity contribution in [2.75, 3.05) is 20.3 Å². The third kappa shape index (κ3) is 3.95. The molecule has 4 rings (SSSR count). The number of ether oxygens (including phenoxy) is 2. The first kappa shape index (κ1) is 20.1. The zero-order valence-corrected chi connectivity index (χ0v) is 16.1. The molecule has 1 amide bonds. The molecule has 3 heterocycles. The molecule has 0 aliphatic carbocycles. The second-order valence-electron chi connectivity index (χ2n) is 6.89. The number of carbonyl (C=O) groups excluding carboxylic acids is 1. The van der Waals surface area contributed by atoms with Crippen molar-refractivity contribution in [3.63, 3.8) is 0 Å². The van der Waals surface area contributed by atoms with Crippen LogP contribution in [0.4, 0.5) is 13.2 Å². The first-order chi connectivity index (χ1) is 14.4. The van der Waals surface area contributed by atoms with Crippen molar-refractivity contribution in [3.05, 3.63) is 47.8 Å². The van der Waals surface area contributed by atoms with Crippen molar-refractivity contribution in [2.24, 2.45) is 0 Å². The van der Waals surface area contributed by atoms with Gasteiger partial charge in [0, 0.05) is 18.7 Å². The Balaban J connectivity index is 1.74. The zero-order chi connectivity index (χ0) is 21.3. The molecule has 0 spiro atoms. The average Bonchev–Trinajstić information content (AvgIpc) is 3.40. The Kier molecular flexibility index (Phi) is 5.33. The predicted molar refractivity (Wildman–Crippen MR) is 101 cm³/mol. The fourth-order valence-electron chi connectivity index (χ4n) is 3.34. The van der Waals surface area contributed by atoms with E-state index in [1.807, 2.05) is 0 Å². The van der Waals surface area contributed by atoms with Gasteiger partial charge in [0.1, 0.15) is 11.3 Å². The maximum absolute atomic E-state index is 13.7. The summed E-state index contributed by atoms with van der Waals surface area (Å²) in [6.07, 6.45) is -1.93. The molecule has 1 saturated heterocycles. The van der Waals surface area contributed by atoms with Crippen molar-refractivity contribution in [3.8, 4) is 17.0 Å². The Morgan fingerprint density at radius 3 is 2.73 bits per heavy atom. The lowest BCUT2D eigenvalue weighted by atomic mass is 10.1. The molecular weight excluding hydrogens is 401 g/mol. The van der Waals surface area contributed by atoms with Crippen LogP contribution in [-0.2, 0) is 10.9 Å². The fourth-order valence-corrected chi connectivity index (χ4v) is 3.34. The van der Waals surface area contributed by atoms with E-state index in [-0.39, 0.29) is 29.6 Å². The topological polar surface area (TPSA) is 77.8 Å². The largest absolute Gasteiger partial charge is 0.497 e. The van der Waals surface area contributed by atoms with E-state index in [2.05, 4.69) is 15.4 Å². The van der Waals surface area contributed by atoms with Gasteiger partial charge in [-0.1, -0.05) is 0 Å². The molecule has 0 bridgehead atoms. The predicted octanol–water partition coefficient (Wildman–Crippen LogP) is 3.33. The Hall–Kier alpha value is -3.14. The molecule has 10 heteroatoms. The maximum Gasteiger partial charge on any atom is 0.433 e. The number of benzene rings is 1. The van der Waals surface area contributed by atoms with E-state index in [0.29, 0.717) is 22.4 Å². The van der Waals surface area contributed by atoms with Gasteiger partial charge in [-0.25, -0.2) is 9.50 Å². The molecule has 1 N–H and O–H groups in total. The van der Waals surface area contributed by atoms with Gasteiger partial charge in [-0.15, -0.1) is 0 Å². The minimum atomic E-state index is -4.68. The van der Waals surface area contributed by atoms with Crippen LogP contribution in [0.25, 0.3) is 16.9 Å². The second-order valence-corrected chi connectivity index (χ2v) is 6.89. The summed E-state index contributed by atoms with van der Waals surface area (Å²) in [6.45, 7) is 0.916. The average molecular weight is 420 g/mol. The van der Waals surface area contributed by atoms with Crippen LogP contribution in [0.1, 0.15) is 28.9 Å². The summed E-state index contributed by atoms with van der Waals surface area (Å²) in [5, 5.41) is 6.47. The molecule has 1 aliphatic heterocycles. The molecule has 7 nitrogen and oxygen atoms in total. The van der Waals surface area contributed by atoms with Crippen LogP contribution in [0.3, 0.4) is 0 Å². The molecule has 30 heavy (non-hydrogen) atoms. The third-order valence-electron chi connectivity index (χ3n) is 4.91. The molecule has 1 atom stereocenters. The normalized spacial score (nSPS) is 16.7. The minimum Gasteiger partial charge on any atom is -0.497 e. The van der Waals surface area contributed by atoms with E-state index in [4.69, 9.17) is 9.47 Å². The quantitative estimate of drug-likeness (QED) is 0.685. The van der Waals surface area contributed by atoms with Gasteiger partial charge < -0.3 is 14.8 Å². The van der Waals surface area contributed by atoms with Gasteiger partial charge in [0.2, 0.25) is 0 Å². The molecular formula is C20H19F3N4O3. The van der Waals surface area contributed by atoms with Crippen LogP contribution in [0, 0.1) is 0 Å². The smallest absolute Gasteiger partial charge is 0.433 e. The zero-order valence-electron chi connectivity index (χ0n) is 16.1. The van der Waals surface area contributed by atoms with Gasteiger partial charge in [0.25, 0.3) is 5.91 Å². The molecule has 1 fully saturated rings. The highest BCUT2D eigenvalue weighted by Crippen LogP contribution is 2.33. The number of methoxy groups -OCH3 is 1. The van der Waals surface area contributed by atoms with Gasteiger partial charge in [-0.2, -0.15) is 18.3 Å². The van der Waals surface area contributed by atoms with Crippen molar-refractivity contribution < 1.29 is 27.4 Å². The van der Waals surface area contributed by atoms with Crippen LogP contribution in [0.15, 0.2) is 36.5 Å². The molecule has 0 saturated carbocycles. The van der Waals surface area contributed by atoms with Crippen molar-refractivity contribution in [2.45, 2.75) is 25.1 Å². The first-order valence-electron chi connectivity index (χ1n) is 9.37. The summed E-state index contributed by atoms with van der Waals surface area (Å²) in [4.78, 5) is 16.9. The number of hydrogen-bond acceptors (Lipinski definition) is 5. The number of carbonyl (C=O) groups is 1. The van der Waals surface area contributed by atoms with Crippen LogP contribution in [0.5, 0.6) is 5.75 Å². The number of hydrogen-bond donors (Lipinski definition) is 1. The highest BCUT2D eigenvalue weighted by Gasteiger charge is 2.36. The summed E-state index contributed by atoms with van der Waals surface area (Å²) in [5.74, 6) is 0.0161. The molecule has 1 aliphatic rings. The van der Waals surface area contributed by atoms with E-state index in [1.54, 1.807) is 24.3 Å². The van der Waals surface area contributed by atoms with Gasteiger partial charge in [-0.3, -0.25) is 4.79 Å². The Bertz CT molecular complexity index is 1060. The van der Waals surface area contributed by atoms with Gasteiger partial charge in [0.15, 0.2) is 11.3 Å². The summed E-state index contributed by atoms with van der Waals surface area (Å²) in [6, 6.07) is 7.37. The van der Waals surface area contributed by atoms with E-state index in [1.165, 1.54) is 7.11 Å². The van der Waals surface area contributed by atoms with E-state index < -0.39 is 17.8 Å². The molecule has 2 aromatic heterocycles. The number of aromatic nitrogens is 3. The lowest BCUT2D eigenvalue weighted by Crippen LogP contribution is -2.31. The van der Waals surface area contributed by atoms with Gasteiger partial charge >= 0.3 is 6.18 Å². The van der Waals surface area contributed by atoms with Gasteiger partial charge in [0.05, 0.1) is 25.1 Å². The number of fused-ring (bicyclic) bond motifs is 1. The third-order valence-corrected chi connectivity index (χ3v) is 4.91. The standard InChI is InChI=1S/C20H19F3N4O3/c1-29-13-6-4-12(5-7-13)16-9-17(20(21,22)23)27-18(26-16)15(11-25-27)19(28)24-10-14-3-2-8-30-14/h4-7,9,11,14H,2-3,8,10H2,1H3,(H,24,28)/t14-/m0/s1. The molecule has 3 aromatic rings. The van der Waals surface area contributed by atoms with Crippen LogP contribution < -0.4 is 10.1 Å². The van der Waals surface area contributed by atoms with E-state index >= 15 is 0 Å². The summed E-state index contributed by atoms with van der Waals surface area (Å²) in [7, 11) is 1.49. The van der Waals surface area contributed by atoms with Crippen molar-refractivity contribution in [1.82, 2.24) is 19.9 Å². The summed E-state index contributed by atoms with van der Waals surface area (Å²) in [5.41, 5.74) is -0.687. The summed E-state index contributed by atoms with van der Waals surface area (Å²) >= 11 is 0. The highest BCUT2D eigenvalue weighted by atomic mass is 19.4. The monoisotopic (exact) mass is 420 g/mol. The number of nitrogens with zero attached hydrogens (tertiary/aromatic N) is 3. The Morgan fingerprint density at radius 1 is 1.33 bits per heavy atom. The minimum absolute atomic E-state index is 0.0335. The van der Waals surface area contributed by atoms with Crippen LogP contribution >= 0.6 is 0 Å². The SMILES string of the molecule is COc1ccc(-c2cc(C(F)(F)F)n3ncc(C(=O)NC[C@@H]4CCCO4)c3n2)cc1. The first-order valence-corrected chi connectivity index (χ1v) is 9.37. The number of halogens is 3. The molecule has 158 valence electrons. The van der Waals surface area contributed by atoms with Crippen molar-refractivity contribution in [1.29, 1.82) is 0 Å². The number of alkyl halides is 3. The van der Waals surface area contributed by atoms with E-state index in [0.717, 1.165) is 25.1 Å². The molecule has 1 aromatic carbocycles. The number of nitrogens with one attached hydrogen (secondary N) is 1. The van der Waals surface area contributed by atoms with Crippen LogP contribution in [0.2, 0.25) is 0 Å². The highest BCUT2D eigenvalue weighted by molar-refractivity contribution is 5.99. The number of amides is 1. The van der Waals surface area contributed by atoms with Crippen LogP contribution in [-0.4, -0.2) is 46.9 Å². The molecule has 0 radical (unpaired) electrons. The summed E-state index contributed by atoms with van der Waals surface area (Å²) < 4.78 is 52.2.